The molecule has 0 bridgehead atoms. The molecule has 1 heterocycles. The summed E-state index contributed by atoms with van der Waals surface area (Å²) in [6, 6.07) is 53.1. The minimum absolute atomic E-state index is 0.884. The summed E-state index contributed by atoms with van der Waals surface area (Å²) in [4.78, 5) is 1.71. The van der Waals surface area contributed by atoms with Gasteiger partial charge in [0.15, 0.2) is 0 Å². The van der Waals surface area contributed by atoms with Gasteiger partial charge in [-0.25, -0.2) is 0 Å². The van der Waals surface area contributed by atoms with Crippen LogP contribution in [0.4, 0.5) is 0 Å². The van der Waals surface area contributed by atoms with E-state index in [0.29, 0.717) is 0 Å². The first-order chi connectivity index (χ1) is 24.3. The van der Waals surface area contributed by atoms with Crippen LogP contribution in [0, 0.1) is 27.7 Å². The fourth-order valence-electron chi connectivity index (χ4n) is 7.09. The molecule has 0 aliphatic heterocycles. The molecular formula is C47H39N3. The first-order valence-electron chi connectivity index (χ1n) is 17.2. The van der Waals surface area contributed by atoms with Crippen molar-refractivity contribution < 1.29 is 0 Å². The van der Waals surface area contributed by atoms with Crippen LogP contribution in [0.1, 0.15) is 22.3 Å². The quantitative estimate of drug-likeness (QED) is 0.180. The van der Waals surface area contributed by atoms with Gasteiger partial charge >= 0.3 is 0 Å². The van der Waals surface area contributed by atoms with Crippen LogP contribution in [0.25, 0.3) is 77.8 Å². The van der Waals surface area contributed by atoms with Crippen LogP contribution in [0.15, 0.2) is 146 Å². The molecule has 3 heteroatoms. The topological polar surface area (TPSA) is 30.7 Å². The SMILES string of the molecule is Cc1ccc(-c2cccc(-c3ccc(-c4cccc(-c5ccc(C)cc5)c4-c4ccc(C)cc4)c4nn(C)nc34)c2-c2ccc(C)cc2)cc1. The highest BCUT2D eigenvalue weighted by Gasteiger charge is 2.22. The predicted octanol–water partition coefficient (Wildman–Crippen LogP) is 12.2. The van der Waals surface area contributed by atoms with Crippen LogP contribution in [-0.2, 0) is 7.05 Å². The Bertz CT molecular complexity index is 2310. The molecule has 7 aromatic carbocycles. The third-order valence-electron chi connectivity index (χ3n) is 9.76. The second-order valence-electron chi connectivity index (χ2n) is 13.5. The molecule has 0 fully saturated rings. The number of rotatable bonds is 6. The Kier molecular flexibility index (Phi) is 7.97. The summed E-state index contributed by atoms with van der Waals surface area (Å²) in [6.07, 6.45) is 0. The molecule has 3 nitrogen and oxygen atoms in total. The van der Waals surface area contributed by atoms with Gasteiger partial charge in [-0.15, -0.1) is 0 Å². The highest BCUT2D eigenvalue weighted by atomic mass is 15.4. The number of aryl methyl sites for hydroxylation is 5. The van der Waals surface area contributed by atoms with Crippen LogP contribution in [-0.4, -0.2) is 15.0 Å². The van der Waals surface area contributed by atoms with Crippen molar-refractivity contribution in [3.05, 3.63) is 168 Å². The van der Waals surface area contributed by atoms with Crippen LogP contribution in [0.2, 0.25) is 0 Å². The number of benzene rings is 7. The van der Waals surface area contributed by atoms with Gasteiger partial charge in [-0.2, -0.15) is 15.0 Å². The Morgan fingerprint density at radius 1 is 0.320 bits per heavy atom. The van der Waals surface area contributed by atoms with E-state index in [9.17, 15) is 0 Å². The third kappa shape index (κ3) is 5.71. The van der Waals surface area contributed by atoms with E-state index in [4.69, 9.17) is 10.2 Å². The summed E-state index contributed by atoms with van der Waals surface area (Å²) < 4.78 is 0. The molecule has 8 rings (SSSR count). The highest BCUT2D eigenvalue weighted by Crippen LogP contribution is 2.46. The van der Waals surface area contributed by atoms with Crippen LogP contribution < -0.4 is 0 Å². The minimum Gasteiger partial charge on any atom is -0.187 e. The average Bonchev–Trinajstić information content (AvgIpc) is 3.53. The van der Waals surface area contributed by atoms with Crippen LogP contribution in [0.5, 0.6) is 0 Å². The van der Waals surface area contributed by atoms with Crippen molar-refractivity contribution in [1.29, 1.82) is 0 Å². The fraction of sp³-hybridized carbons (Fsp3) is 0.106. The van der Waals surface area contributed by atoms with E-state index in [0.717, 1.165) is 33.3 Å². The molecule has 0 radical (unpaired) electrons. The van der Waals surface area contributed by atoms with Crippen molar-refractivity contribution >= 4 is 11.0 Å². The lowest BCUT2D eigenvalue weighted by atomic mass is 9.84. The van der Waals surface area contributed by atoms with Gasteiger partial charge in [-0.3, -0.25) is 0 Å². The normalized spacial score (nSPS) is 11.3. The molecule has 8 aromatic rings. The number of hydrogen-bond donors (Lipinski definition) is 0. The van der Waals surface area contributed by atoms with Gasteiger partial charge in [0.1, 0.15) is 11.0 Å². The Labute approximate surface area is 294 Å². The van der Waals surface area contributed by atoms with Gasteiger partial charge in [0, 0.05) is 18.2 Å². The number of aromatic nitrogens is 3. The molecule has 0 N–H and O–H groups in total. The lowest BCUT2D eigenvalue weighted by Gasteiger charge is -2.19. The fourth-order valence-corrected chi connectivity index (χ4v) is 7.09. The lowest BCUT2D eigenvalue weighted by molar-refractivity contribution is 0.665. The molecule has 0 amide bonds. The van der Waals surface area contributed by atoms with Crippen molar-refractivity contribution in [3.8, 4) is 66.8 Å². The molecule has 0 atom stereocenters. The Morgan fingerprint density at radius 2 is 0.620 bits per heavy atom. The summed E-state index contributed by atoms with van der Waals surface area (Å²) in [7, 11) is 1.92. The van der Waals surface area contributed by atoms with Crippen LogP contribution in [0.3, 0.4) is 0 Å². The maximum atomic E-state index is 5.05. The summed E-state index contributed by atoms with van der Waals surface area (Å²) in [5.74, 6) is 0. The second kappa shape index (κ2) is 12.8. The maximum absolute atomic E-state index is 5.05. The molecule has 0 aliphatic rings. The number of hydrogen-bond acceptors (Lipinski definition) is 2. The Balaban J connectivity index is 1.38. The van der Waals surface area contributed by atoms with Crippen molar-refractivity contribution in [3.63, 3.8) is 0 Å². The van der Waals surface area contributed by atoms with Crippen molar-refractivity contribution in [2.45, 2.75) is 27.7 Å². The van der Waals surface area contributed by atoms with E-state index in [1.165, 1.54) is 66.8 Å². The number of fused-ring (bicyclic) bond motifs is 1. The average molecular weight is 646 g/mol. The zero-order chi connectivity index (χ0) is 34.4. The largest absolute Gasteiger partial charge is 0.187 e. The molecule has 242 valence electrons. The van der Waals surface area contributed by atoms with E-state index in [1.54, 1.807) is 4.80 Å². The molecule has 0 spiro atoms. The zero-order valence-electron chi connectivity index (χ0n) is 29.2. The van der Waals surface area contributed by atoms with Gasteiger partial charge in [0.05, 0.1) is 0 Å². The van der Waals surface area contributed by atoms with Gasteiger partial charge in [0.25, 0.3) is 0 Å². The van der Waals surface area contributed by atoms with E-state index < -0.39 is 0 Å². The van der Waals surface area contributed by atoms with Crippen molar-refractivity contribution in [2.24, 2.45) is 7.05 Å². The first kappa shape index (κ1) is 31.2. The molecule has 0 aliphatic carbocycles. The molecule has 0 saturated carbocycles. The minimum atomic E-state index is 0.884. The van der Waals surface area contributed by atoms with Gasteiger partial charge < -0.3 is 0 Å². The first-order valence-corrected chi connectivity index (χ1v) is 17.2. The second-order valence-corrected chi connectivity index (χ2v) is 13.5. The Morgan fingerprint density at radius 3 is 0.960 bits per heavy atom. The smallest absolute Gasteiger partial charge is 0.121 e. The highest BCUT2D eigenvalue weighted by molar-refractivity contribution is 6.08. The van der Waals surface area contributed by atoms with Crippen molar-refractivity contribution in [1.82, 2.24) is 15.0 Å². The molecule has 0 saturated heterocycles. The van der Waals surface area contributed by atoms with Crippen LogP contribution >= 0.6 is 0 Å². The van der Waals surface area contributed by atoms with Gasteiger partial charge in [-0.1, -0.05) is 168 Å². The molecule has 0 unspecified atom stereocenters. The third-order valence-corrected chi connectivity index (χ3v) is 9.76. The standard InChI is InChI=1S/C47H39N3/c1-30-12-20-34(21-13-30)38-8-6-10-40(44(38)36-24-16-32(3)17-25-36)42-28-29-43(47-46(42)48-50(5)49-47)41-11-7-9-39(35-22-14-31(2)15-23-35)45(41)37-26-18-33(4)19-27-37/h6-29H,1-5H3. The molecular weight excluding hydrogens is 607 g/mol. The molecule has 1 aromatic heterocycles. The van der Waals surface area contributed by atoms with E-state index in [1.807, 2.05) is 7.05 Å². The summed E-state index contributed by atoms with van der Waals surface area (Å²) in [6.45, 7) is 8.54. The molecule has 50 heavy (non-hydrogen) atoms. The summed E-state index contributed by atoms with van der Waals surface area (Å²) in [5, 5.41) is 10.1. The maximum Gasteiger partial charge on any atom is 0.121 e. The van der Waals surface area contributed by atoms with Gasteiger partial charge in [-0.05, 0) is 83.3 Å². The van der Waals surface area contributed by atoms with E-state index in [2.05, 4.69) is 173 Å². The summed E-state index contributed by atoms with van der Waals surface area (Å²) in [5.41, 5.74) is 20.6. The van der Waals surface area contributed by atoms with E-state index in [-0.39, 0.29) is 0 Å². The van der Waals surface area contributed by atoms with E-state index >= 15 is 0 Å². The lowest BCUT2D eigenvalue weighted by Crippen LogP contribution is -1.94. The number of nitrogens with zero attached hydrogens (tertiary/aromatic N) is 3. The monoisotopic (exact) mass is 645 g/mol. The summed E-state index contributed by atoms with van der Waals surface area (Å²) >= 11 is 0. The van der Waals surface area contributed by atoms with Crippen molar-refractivity contribution in [2.75, 3.05) is 0 Å². The zero-order valence-corrected chi connectivity index (χ0v) is 29.2. The van der Waals surface area contributed by atoms with Gasteiger partial charge in [0.2, 0.25) is 0 Å². The Hall–Kier alpha value is -6.06. The predicted molar refractivity (Wildman–Crippen MR) is 210 cm³/mol.